The Morgan fingerprint density at radius 3 is 1.93 bits per heavy atom. The molecule has 6 rings (SSSR count). The van der Waals surface area contributed by atoms with Crippen LogP contribution in [0.2, 0.25) is 0 Å². The lowest BCUT2D eigenvalue weighted by atomic mass is 9.82. The van der Waals surface area contributed by atoms with Gasteiger partial charge in [0.1, 0.15) is 0 Å². The Bertz CT molecular complexity index is 1750. The van der Waals surface area contributed by atoms with Gasteiger partial charge in [0.25, 0.3) is 0 Å². The second-order valence-electron chi connectivity index (χ2n) is 12.8. The number of rotatable bonds is 7. The van der Waals surface area contributed by atoms with Gasteiger partial charge in [-0.15, -0.1) is 0 Å². The van der Waals surface area contributed by atoms with Crippen molar-refractivity contribution < 1.29 is 9.76 Å². The highest BCUT2D eigenvalue weighted by Gasteiger charge is 2.36. The maximum absolute atomic E-state index is 10.4. The van der Waals surface area contributed by atoms with Gasteiger partial charge in [-0.05, 0) is 62.1 Å². The SMILES string of the molecule is CC1(C)c2ccccc2-c2ccc(-c3cc(-c4ccc(BOC(C)(C)C(C)(C)O)cc4)nc(-c4ccccc4)n3)cc21. The van der Waals surface area contributed by atoms with E-state index in [0.29, 0.717) is 13.3 Å². The molecular weight excluding hydrogens is 515 g/mol. The molecule has 0 radical (unpaired) electrons. The van der Waals surface area contributed by atoms with Crippen LogP contribution in [0.15, 0.2) is 103 Å². The van der Waals surface area contributed by atoms with Gasteiger partial charge in [-0.2, -0.15) is 0 Å². The number of fused-ring (bicyclic) bond motifs is 3. The summed E-state index contributed by atoms with van der Waals surface area (Å²) >= 11 is 0. The van der Waals surface area contributed by atoms with Crippen molar-refractivity contribution in [3.05, 3.63) is 114 Å². The van der Waals surface area contributed by atoms with Crippen molar-refractivity contribution in [2.24, 2.45) is 0 Å². The number of hydrogen-bond acceptors (Lipinski definition) is 4. The summed E-state index contributed by atoms with van der Waals surface area (Å²) in [5.41, 5.74) is 9.44. The molecule has 1 aliphatic carbocycles. The second kappa shape index (κ2) is 10.3. The summed E-state index contributed by atoms with van der Waals surface area (Å²) in [5.74, 6) is 0.700. The molecule has 0 amide bonds. The van der Waals surface area contributed by atoms with E-state index in [-0.39, 0.29) is 5.41 Å². The van der Waals surface area contributed by atoms with Gasteiger partial charge in [0.15, 0.2) is 5.82 Å². The lowest BCUT2D eigenvalue weighted by Gasteiger charge is -2.37. The average Bonchev–Trinajstić information content (AvgIpc) is 3.22. The molecular formula is C37H37BN2O2. The molecule has 0 bridgehead atoms. The summed E-state index contributed by atoms with van der Waals surface area (Å²) in [4.78, 5) is 10.1. The molecule has 210 valence electrons. The molecule has 1 heterocycles. The van der Waals surface area contributed by atoms with E-state index in [1.54, 1.807) is 13.8 Å². The molecule has 5 heteroatoms. The fourth-order valence-electron chi connectivity index (χ4n) is 5.54. The first-order valence-electron chi connectivity index (χ1n) is 14.6. The summed E-state index contributed by atoms with van der Waals surface area (Å²) in [5, 5.41) is 10.4. The molecule has 0 saturated heterocycles. The van der Waals surface area contributed by atoms with Crippen LogP contribution in [0.25, 0.3) is 45.0 Å². The van der Waals surface area contributed by atoms with Crippen LogP contribution in [0.1, 0.15) is 52.7 Å². The molecule has 1 N–H and O–H groups in total. The van der Waals surface area contributed by atoms with E-state index in [1.807, 2.05) is 32.0 Å². The standard InChI is InChI=1S/C37H37BN2O2/c1-35(2)30-15-11-10-14-28(30)29-21-18-26(22-31(29)35)33-23-32(39-34(40-33)25-12-8-7-9-13-25)24-16-19-27(20-17-24)38-42-37(5,6)36(3,4)41/h7-23,38,41H,1-6H3. The van der Waals surface area contributed by atoms with Crippen molar-refractivity contribution in [1.82, 2.24) is 9.97 Å². The van der Waals surface area contributed by atoms with Crippen LogP contribution < -0.4 is 5.46 Å². The molecule has 42 heavy (non-hydrogen) atoms. The third-order valence-electron chi connectivity index (χ3n) is 8.96. The van der Waals surface area contributed by atoms with Crippen molar-refractivity contribution in [3.63, 3.8) is 0 Å². The minimum atomic E-state index is -0.951. The molecule has 0 fully saturated rings. The molecule has 1 aromatic heterocycles. The quantitative estimate of drug-likeness (QED) is 0.215. The Kier molecular flexibility index (Phi) is 6.91. The third-order valence-corrected chi connectivity index (χ3v) is 8.96. The Hall–Kier alpha value is -4.06. The predicted octanol–water partition coefficient (Wildman–Crippen LogP) is 7.33. The van der Waals surface area contributed by atoms with Gasteiger partial charge in [0.05, 0.1) is 22.6 Å². The maximum atomic E-state index is 10.4. The third kappa shape index (κ3) is 5.08. The van der Waals surface area contributed by atoms with E-state index in [0.717, 1.165) is 33.5 Å². The molecule has 1 aliphatic rings. The molecule has 4 aromatic carbocycles. The zero-order chi connectivity index (χ0) is 29.7. The lowest BCUT2D eigenvalue weighted by Crippen LogP contribution is -2.49. The van der Waals surface area contributed by atoms with E-state index in [2.05, 4.69) is 98.8 Å². The zero-order valence-corrected chi connectivity index (χ0v) is 25.3. The molecule has 4 nitrogen and oxygen atoms in total. The van der Waals surface area contributed by atoms with E-state index >= 15 is 0 Å². The van der Waals surface area contributed by atoms with Gasteiger partial charge in [0, 0.05) is 22.1 Å². The van der Waals surface area contributed by atoms with Crippen LogP contribution in [0.5, 0.6) is 0 Å². The topological polar surface area (TPSA) is 55.2 Å². The molecule has 0 unspecified atom stereocenters. The Balaban J connectivity index is 1.38. The van der Waals surface area contributed by atoms with Crippen molar-refractivity contribution in [2.45, 2.75) is 58.2 Å². The first-order chi connectivity index (χ1) is 19.9. The van der Waals surface area contributed by atoms with Crippen LogP contribution in [0, 0.1) is 0 Å². The minimum Gasteiger partial charge on any atom is -0.427 e. The first-order valence-corrected chi connectivity index (χ1v) is 14.6. The molecule has 5 aromatic rings. The van der Waals surface area contributed by atoms with E-state index in [9.17, 15) is 5.11 Å². The number of benzene rings is 4. The normalized spacial score (nSPS) is 13.9. The monoisotopic (exact) mass is 552 g/mol. The van der Waals surface area contributed by atoms with E-state index in [4.69, 9.17) is 14.6 Å². The van der Waals surface area contributed by atoms with Gasteiger partial charge in [-0.1, -0.05) is 110 Å². The average molecular weight is 553 g/mol. The van der Waals surface area contributed by atoms with Crippen LogP contribution in [-0.2, 0) is 10.1 Å². The number of aliphatic hydroxyl groups is 1. The second-order valence-corrected chi connectivity index (χ2v) is 12.8. The Morgan fingerprint density at radius 1 is 0.643 bits per heavy atom. The summed E-state index contributed by atoms with van der Waals surface area (Å²) in [6.07, 6.45) is 0. The number of aromatic nitrogens is 2. The van der Waals surface area contributed by atoms with Crippen LogP contribution in [0.4, 0.5) is 0 Å². The van der Waals surface area contributed by atoms with Crippen LogP contribution >= 0.6 is 0 Å². The largest absolute Gasteiger partial charge is 0.427 e. The molecule has 0 saturated carbocycles. The van der Waals surface area contributed by atoms with Crippen molar-refractivity contribution in [1.29, 1.82) is 0 Å². The highest BCUT2D eigenvalue weighted by molar-refractivity contribution is 6.47. The Labute approximate surface area is 249 Å². The summed E-state index contributed by atoms with van der Waals surface area (Å²) in [7, 11) is 0.412. The fourth-order valence-corrected chi connectivity index (χ4v) is 5.54. The van der Waals surface area contributed by atoms with Gasteiger partial charge in [-0.25, -0.2) is 9.97 Å². The summed E-state index contributed by atoms with van der Waals surface area (Å²) < 4.78 is 6.08. The van der Waals surface area contributed by atoms with E-state index in [1.165, 1.54) is 22.3 Å². The van der Waals surface area contributed by atoms with E-state index < -0.39 is 11.2 Å². The van der Waals surface area contributed by atoms with Gasteiger partial charge < -0.3 is 9.76 Å². The van der Waals surface area contributed by atoms with Crippen molar-refractivity contribution in [2.75, 3.05) is 0 Å². The van der Waals surface area contributed by atoms with Gasteiger partial charge in [-0.3, -0.25) is 0 Å². The fraction of sp³-hybridized carbons (Fsp3) is 0.243. The highest BCUT2D eigenvalue weighted by atomic mass is 16.5. The van der Waals surface area contributed by atoms with Crippen molar-refractivity contribution in [3.8, 4) is 45.0 Å². The molecule has 0 spiro atoms. The van der Waals surface area contributed by atoms with Gasteiger partial charge in [0.2, 0.25) is 0 Å². The molecule has 0 aliphatic heterocycles. The first kappa shape index (κ1) is 28.1. The smallest absolute Gasteiger partial charge is 0.309 e. The molecule has 0 atom stereocenters. The predicted molar refractivity (Wildman–Crippen MR) is 174 cm³/mol. The summed E-state index contributed by atoms with van der Waals surface area (Å²) in [6, 6.07) is 36.0. The minimum absolute atomic E-state index is 0.0856. The Morgan fingerprint density at radius 2 is 1.24 bits per heavy atom. The number of nitrogens with zero attached hydrogens (tertiary/aromatic N) is 2. The van der Waals surface area contributed by atoms with Gasteiger partial charge >= 0.3 is 7.48 Å². The highest BCUT2D eigenvalue weighted by Crippen LogP contribution is 2.49. The lowest BCUT2D eigenvalue weighted by molar-refractivity contribution is -0.0893. The van der Waals surface area contributed by atoms with Crippen LogP contribution in [0.3, 0.4) is 0 Å². The maximum Gasteiger partial charge on any atom is 0.309 e. The number of hydrogen-bond donors (Lipinski definition) is 1. The zero-order valence-electron chi connectivity index (χ0n) is 25.3. The van der Waals surface area contributed by atoms with Crippen LogP contribution in [-0.4, -0.2) is 33.8 Å². The van der Waals surface area contributed by atoms with Crippen molar-refractivity contribution >= 4 is 12.9 Å². The summed E-state index contributed by atoms with van der Waals surface area (Å²) in [6.45, 7) is 12.0.